The van der Waals surface area contributed by atoms with Crippen LogP contribution in [0.4, 0.5) is 17.1 Å². The van der Waals surface area contributed by atoms with E-state index in [0.29, 0.717) is 0 Å². The first-order valence-electron chi connectivity index (χ1n) is 22.0. The van der Waals surface area contributed by atoms with E-state index in [-0.39, 0.29) is 0 Å². The van der Waals surface area contributed by atoms with Crippen molar-refractivity contribution in [2.24, 2.45) is 0 Å². The summed E-state index contributed by atoms with van der Waals surface area (Å²) in [5.74, 6) is 0. The van der Waals surface area contributed by atoms with Crippen LogP contribution in [0.5, 0.6) is 0 Å². The Hall–Kier alpha value is -8.46. The third-order valence-corrected chi connectivity index (χ3v) is 12.8. The van der Waals surface area contributed by atoms with Gasteiger partial charge in [-0.05, 0) is 115 Å². The van der Waals surface area contributed by atoms with Gasteiger partial charge in [-0.1, -0.05) is 200 Å². The highest BCUT2D eigenvalue weighted by molar-refractivity contribution is 6.11. The third-order valence-electron chi connectivity index (χ3n) is 12.8. The molecule has 0 aliphatic carbocycles. The Kier molecular flexibility index (Phi) is 9.20. The Morgan fingerprint density at radius 3 is 1.45 bits per heavy atom. The maximum absolute atomic E-state index is 2.48. The van der Waals surface area contributed by atoms with Crippen LogP contribution in [0.1, 0.15) is 0 Å². The highest BCUT2D eigenvalue weighted by Crippen LogP contribution is 2.46. The molecule has 1 aromatic heterocycles. The van der Waals surface area contributed by atoms with Crippen molar-refractivity contribution in [3.63, 3.8) is 0 Å². The molecule has 0 unspecified atom stereocenters. The summed E-state index contributed by atoms with van der Waals surface area (Å²) >= 11 is 0. The van der Waals surface area contributed by atoms with Crippen LogP contribution in [0, 0.1) is 0 Å². The van der Waals surface area contributed by atoms with Crippen molar-refractivity contribution >= 4 is 60.4 Å². The van der Waals surface area contributed by atoms with E-state index in [4.69, 9.17) is 0 Å². The van der Waals surface area contributed by atoms with Gasteiger partial charge in [0, 0.05) is 33.4 Å². The Bertz CT molecular complexity index is 3550. The molecule has 12 rings (SSSR count). The predicted octanol–water partition coefficient (Wildman–Crippen LogP) is 17.2. The van der Waals surface area contributed by atoms with E-state index < -0.39 is 0 Å². The molecule has 12 aromatic rings. The fraction of sp³-hybridized carbons (Fsp3) is 0. The van der Waals surface area contributed by atoms with Crippen LogP contribution in [-0.4, -0.2) is 4.57 Å². The summed E-state index contributed by atoms with van der Waals surface area (Å²) in [6.07, 6.45) is 0. The molecular formula is C62H42N2. The summed E-state index contributed by atoms with van der Waals surface area (Å²) in [6.45, 7) is 0. The number of anilines is 3. The number of hydrogen-bond donors (Lipinski definition) is 0. The van der Waals surface area contributed by atoms with Gasteiger partial charge in [0.25, 0.3) is 0 Å². The summed E-state index contributed by atoms with van der Waals surface area (Å²) in [4.78, 5) is 2.48. The number of para-hydroxylation sites is 3. The molecule has 2 heteroatoms. The third kappa shape index (κ3) is 6.52. The lowest BCUT2D eigenvalue weighted by Gasteiger charge is -2.29. The number of fused-ring (bicyclic) bond motifs is 5. The zero-order valence-electron chi connectivity index (χ0n) is 35.1. The van der Waals surface area contributed by atoms with Gasteiger partial charge in [0.05, 0.1) is 16.7 Å². The molecule has 11 aromatic carbocycles. The Labute approximate surface area is 373 Å². The van der Waals surface area contributed by atoms with Crippen molar-refractivity contribution in [1.82, 2.24) is 4.57 Å². The lowest BCUT2D eigenvalue weighted by molar-refractivity contribution is 1.18. The maximum Gasteiger partial charge on any atom is 0.0561 e. The second kappa shape index (κ2) is 15.8. The monoisotopic (exact) mass is 814 g/mol. The van der Waals surface area contributed by atoms with E-state index in [0.717, 1.165) is 50.5 Å². The molecule has 64 heavy (non-hydrogen) atoms. The largest absolute Gasteiger partial charge is 0.310 e. The van der Waals surface area contributed by atoms with Gasteiger partial charge in [-0.2, -0.15) is 0 Å². The minimum Gasteiger partial charge on any atom is -0.310 e. The maximum atomic E-state index is 2.48. The van der Waals surface area contributed by atoms with Gasteiger partial charge in [-0.3, -0.25) is 0 Å². The molecule has 0 bridgehead atoms. The van der Waals surface area contributed by atoms with Gasteiger partial charge in [-0.15, -0.1) is 0 Å². The number of nitrogens with zero attached hydrogens (tertiary/aromatic N) is 2. The molecule has 0 radical (unpaired) electrons. The average Bonchev–Trinajstić information content (AvgIpc) is 3.70. The van der Waals surface area contributed by atoms with E-state index in [2.05, 4.69) is 264 Å². The minimum absolute atomic E-state index is 1.07. The van der Waals surface area contributed by atoms with Crippen LogP contribution in [0.2, 0.25) is 0 Å². The average molecular weight is 815 g/mol. The van der Waals surface area contributed by atoms with Gasteiger partial charge in [0.1, 0.15) is 0 Å². The van der Waals surface area contributed by atoms with Crippen LogP contribution in [0.15, 0.2) is 255 Å². The molecule has 0 aliphatic rings. The molecule has 2 nitrogen and oxygen atoms in total. The highest BCUT2D eigenvalue weighted by Gasteiger charge is 2.22. The Balaban J connectivity index is 1.15. The van der Waals surface area contributed by atoms with E-state index in [9.17, 15) is 0 Å². The van der Waals surface area contributed by atoms with E-state index in [1.165, 1.54) is 60.1 Å². The van der Waals surface area contributed by atoms with Crippen molar-refractivity contribution in [2.75, 3.05) is 4.90 Å². The first-order valence-corrected chi connectivity index (χ1v) is 22.0. The molecule has 0 aliphatic heterocycles. The summed E-state index contributed by atoms with van der Waals surface area (Å²) < 4.78 is 2.41. The Morgan fingerprint density at radius 2 is 0.766 bits per heavy atom. The number of benzene rings is 11. The van der Waals surface area contributed by atoms with Crippen LogP contribution >= 0.6 is 0 Å². The molecule has 1 heterocycles. The van der Waals surface area contributed by atoms with Crippen LogP contribution in [0.25, 0.3) is 93.5 Å². The zero-order chi connectivity index (χ0) is 42.4. The van der Waals surface area contributed by atoms with Crippen molar-refractivity contribution in [3.05, 3.63) is 255 Å². The van der Waals surface area contributed by atoms with Crippen LogP contribution < -0.4 is 4.90 Å². The topological polar surface area (TPSA) is 8.17 Å². The van der Waals surface area contributed by atoms with Crippen molar-refractivity contribution in [3.8, 4) is 50.2 Å². The lowest BCUT2D eigenvalue weighted by atomic mass is 9.92. The van der Waals surface area contributed by atoms with Gasteiger partial charge >= 0.3 is 0 Å². The lowest BCUT2D eigenvalue weighted by Crippen LogP contribution is -2.12. The SMILES string of the molecule is c1ccc(-c2ccc(-c3ccccc3N(c3cc(-c4cccc5ccccc45)cc(-c4cccc5ccccc45)c3)c3ccc4c5ccccc5n(-c5ccccc5)c4c3)cc2)cc1. The molecule has 0 saturated heterocycles. The second-order valence-corrected chi connectivity index (χ2v) is 16.5. The molecule has 300 valence electrons. The fourth-order valence-corrected chi connectivity index (χ4v) is 9.77. The Morgan fingerprint density at radius 1 is 0.266 bits per heavy atom. The van der Waals surface area contributed by atoms with Crippen molar-refractivity contribution in [2.45, 2.75) is 0 Å². The van der Waals surface area contributed by atoms with Crippen LogP contribution in [0.3, 0.4) is 0 Å². The second-order valence-electron chi connectivity index (χ2n) is 16.5. The number of rotatable bonds is 8. The fourth-order valence-electron chi connectivity index (χ4n) is 9.77. The highest BCUT2D eigenvalue weighted by atomic mass is 15.1. The number of hydrogen-bond acceptors (Lipinski definition) is 1. The molecule has 0 saturated carbocycles. The minimum atomic E-state index is 1.07. The molecule has 0 fully saturated rings. The molecular weight excluding hydrogens is 773 g/mol. The predicted molar refractivity (Wildman–Crippen MR) is 272 cm³/mol. The summed E-state index contributed by atoms with van der Waals surface area (Å²) in [7, 11) is 0. The van der Waals surface area contributed by atoms with E-state index >= 15 is 0 Å². The first-order chi connectivity index (χ1) is 31.7. The standard InChI is InChI=1S/C62H42N2/c1-3-17-43(18-4-1)44-33-35-47(36-34-44)57-27-11-13-31-60(57)63(51-37-38-59-58-28-12-14-32-61(58)64(62(59)42-51)50-23-5-2-6-24-50)52-40-48(55-29-15-21-45-19-7-9-25-53(45)55)39-49(41-52)56-30-16-22-46-20-8-10-26-54(46)56/h1-42H. The quantitative estimate of drug-likeness (QED) is 0.148. The van der Waals surface area contributed by atoms with E-state index in [1.54, 1.807) is 0 Å². The number of aromatic nitrogens is 1. The summed E-state index contributed by atoms with van der Waals surface area (Å²) in [6, 6.07) is 93.0. The van der Waals surface area contributed by atoms with Gasteiger partial charge < -0.3 is 9.47 Å². The van der Waals surface area contributed by atoms with Crippen LogP contribution in [-0.2, 0) is 0 Å². The normalized spacial score (nSPS) is 11.4. The van der Waals surface area contributed by atoms with Crippen molar-refractivity contribution < 1.29 is 0 Å². The molecule has 0 amide bonds. The molecule has 0 spiro atoms. The molecule has 0 N–H and O–H groups in total. The zero-order valence-corrected chi connectivity index (χ0v) is 35.1. The molecule has 0 atom stereocenters. The summed E-state index contributed by atoms with van der Waals surface area (Å²) in [5, 5.41) is 7.34. The summed E-state index contributed by atoms with van der Waals surface area (Å²) in [5.41, 5.74) is 16.1. The van der Waals surface area contributed by atoms with Gasteiger partial charge in [0.15, 0.2) is 0 Å². The van der Waals surface area contributed by atoms with Gasteiger partial charge in [-0.25, -0.2) is 0 Å². The van der Waals surface area contributed by atoms with E-state index in [1.807, 2.05) is 0 Å². The van der Waals surface area contributed by atoms with Crippen molar-refractivity contribution in [1.29, 1.82) is 0 Å². The first kappa shape index (κ1) is 37.3. The smallest absolute Gasteiger partial charge is 0.0561 e. The van der Waals surface area contributed by atoms with Gasteiger partial charge in [0.2, 0.25) is 0 Å².